The Hall–Kier alpha value is -5.32. The number of fused-ring (bicyclic) bond motifs is 2. The minimum absolute atomic E-state index is 0.0822. The minimum Gasteiger partial charge on any atom is -0.340 e. The second-order valence-corrected chi connectivity index (χ2v) is 12.9. The third-order valence-electron chi connectivity index (χ3n) is 9.89. The maximum Gasteiger partial charge on any atom is 0.244 e. The Morgan fingerprint density at radius 1 is 0.625 bits per heavy atom. The lowest BCUT2D eigenvalue weighted by atomic mass is 10.0. The highest BCUT2D eigenvalue weighted by Gasteiger charge is 2.36. The van der Waals surface area contributed by atoms with Crippen LogP contribution in [0.25, 0.3) is 33.2 Å². The smallest absolute Gasteiger partial charge is 0.244 e. The summed E-state index contributed by atoms with van der Waals surface area (Å²) in [6.45, 7) is 1.32. The highest BCUT2D eigenvalue weighted by Crippen LogP contribution is 2.36. The number of benzene rings is 4. The molecule has 8 rings (SSSR count). The van der Waals surface area contributed by atoms with Crippen molar-refractivity contribution < 1.29 is 9.59 Å². The van der Waals surface area contributed by atoms with Crippen LogP contribution in [0.2, 0.25) is 0 Å². The number of likely N-dealkylation sites (tertiary alicyclic amines) is 2. The third-order valence-corrected chi connectivity index (χ3v) is 9.89. The molecule has 2 saturated heterocycles. The number of hydrogen-bond acceptors (Lipinski definition) is 6. The molecule has 2 amide bonds. The van der Waals surface area contributed by atoms with Crippen molar-refractivity contribution in [2.75, 3.05) is 13.1 Å². The van der Waals surface area contributed by atoms with Crippen molar-refractivity contribution in [3.8, 4) is 11.1 Å². The summed E-state index contributed by atoms with van der Waals surface area (Å²) in [7, 11) is 0. The molecule has 4 atom stereocenters. The van der Waals surface area contributed by atoms with Crippen molar-refractivity contribution in [1.29, 1.82) is 0 Å². The SMILES string of the molecule is N[C@@H](C(=O)N1CCC[C@H]1c1nc2ccc(-c3ccc4nc([C@@H]5CCCN5C(=O)[C@H](N)c5ccccc5)[nH]c4c3)cc2[nH]1)c1ccccc1. The number of aromatic amines is 2. The normalized spacial score (nSPS) is 19.3. The van der Waals surface area contributed by atoms with Crippen molar-refractivity contribution in [1.82, 2.24) is 29.7 Å². The van der Waals surface area contributed by atoms with Crippen LogP contribution >= 0.6 is 0 Å². The zero-order valence-electron chi connectivity index (χ0n) is 26.5. The van der Waals surface area contributed by atoms with Crippen LogP contribution in [-0.2, 0) is 9.59 Å². The van der Waals surface area contributed by atoms with Gasteiger partial charge in [-0.3, -0.25) is 9.59 Å². The van der Waals surface area contributed by atoms with Gasteiger partial charge in [0.15, 0.2) is 0 Å². The molecule has 4 aromatic carbocycles. The van der Waals surface area contributed by atoms with Gasteiger partial charge >= 0.3 is 0 Å². The Labute approximate surface area is 278 Å². The first-order chi connectivity index (χ1) is 23.4. The van der Waals surface area contributed by atoms with Crippen molar-refractivity contribution in [2.24, 2.45) is 11.5 Å². The molecule has 0 spiro atoms. The van der Waals surface area contributed by atoms with E-state index in [-0.39, 0.29) is 23.9 Å². The van der Waals surface area contributed by atoms with Gasteiger partial charge in [0.2, 0.25) is 11.8 Å². The number of H-pyrrole nitrogens is 2. The molecule has 0 unspecified atom stereocenters. The first-order valence-electron chi connectivity index (χ1n) is 16.7. The fraction of sp³-hybridized carbons (Fsp3) is 0.263. The monoisotopic (exact) mass is 638 g/mol. The molecule has 2 aliphatic heterocycles. The molecule has 10 nitrogen and oxygen atoms in total. The van der Waals surface area contributed by atoms with Gasteiger partial charge in [0, 0.05) is 13.1 Å². The van der Waals surface area contributed by atoms with Crippen LogP contribution in [0.5, 0.6) is 0 Å². The van der Waals surface area contributed by atoms with Crippen LogP contribution in [0.4, 0.5) is 0 Å². The molecule has 0 saturated carbocycles. The minimum atomic E-state index is -0.704. The number of carbonyl (C=O) groups is 2. The van der Waals surface area contributed by atoms with Crippen LogP contribution < -0.4 is 11.5 Å². The quantitative estimate of drug-likeness (QED) is 0.173. The lowest BCUT2D eigenvalue weighted by Crippen LogP contribution is -2.38. The molecule has 10 heteroatoms. The summed E-state index contributed by atoms with van der Waals surface area (Å²) in [5.74, 6) is 1.40. The van der Waals surface area contributed by atoms with E-state index in [1.54, 1.807) is 0 Å². The van der Waals surface area contributed by atoms with Gasteiger partial charge in [0.05, 0.1) is 34.2 Å². The topological polar surface area (TPSA) is 150 Å². The molecule has 6 N–H and O–H groups in total. The standard InChI is InChI=1S/C38H38N8O2/c39-33(23-9-3-1-4-10-23)37(47)45-19-7-13-31(45)35-41-27-17-15-25(21-29(27)43-35)26-16-18-28-30(22-26)44-36(42-28)32-14-8-20-46(32)38(48)34(40)24-11-5-2-6-12-24/h1-6,9-12,15-18,21-22,31-34H,7-8,13-14,19-20,39-40H2,(H,41,43)(H,42,44)/t31-,32-,33+,34+/m0/s1. The lowest BCUT2D eigenvalue weighted by molar-refractivity contribution is -0.134. The van der Waals surface area contributed by atoms with E-state index in [2.05, 4.69) is 34.2 Å². The number of nitrogens with two attached hydrogens (primary N) is 2. The highest BCUT2D eigenvalue weighted by atomic mass is 16.2. The van der Waals surface area contributed by atoms with E-state index in [1.165, 1.54) is 0 Å². The van der Waals surface area contributed by atoms with Crippen LogP contribution in [0, 0.1) is 0 Å². The zero-order valence-corrected chi connectivity index (χ0v) is 26.5. The number of imidazole rings is 2. The summed E-state index contributed by atoms with van der Waals surface area (Å²) in [5.41, 5.74) is 20.0. The predicted molar refractivity (Wildman–Crippen MR) is 185 cm³/mol. The van der Waals surface area contributed by atoms with E-state index >= 15 is 0 Å². The molecule has 242 valence electrons. The molecule has 0 bridgehead atoms. The van der Waals surface area contributed by atoms with Crippen LogP contribution in [0.3, 0.4) is 0 Å². The number of amides is 2. The Morgan fingerprint density at radius 2 is 1.04 bits per heavy atom. The van der Waals surface area contributed by atoms with Gasteiger partial charge in [-0.25, -0.2) is 9.97 Å². The Kier molecular flexibility index (Phi) is 7.74. The average Bonchev–Trinajstić information content (AvgIpc) is 3.95. The number of carbonyl (C=O) groups excluding carboxylic acids is 2. The predicted octanol–water partition coefficient (Wildman–Crippen LogP) is 5.83. The fourth-order valence-electron chi connectivity index (χ4n) is 7.33. The Bertz CT molecular complexity index is 1960. The van der Waals surface area contributed by atoms with Crippen molar-refractivity contribution >= 4 is 33.9 Å². The van der Waals surface area contributed by atoms with E-state index in [1.807, 2.05) is 82.6 Å². The summed E-state index contributed by atoms with van der Waals surface area (Å²) in [5, 5.41) is 0. The van der Waals surface area contributed by atoms with E-state index in [0.717, 1.165) is 81.7 Å². The van der Waals surface area contributed by atoms with E-state index in [4.69, 9.17) is 21.4 Å². The lowest BCUT2D eigenvalue weighted by Gasteiger charge is -2.26. The summed E-state index contributed by atoms with van der Waals surface area (Å²) >= 11 is 0. The largest absolute Gasteiger partial charge is 0.340 e. The summed E-state index contributed by atoms with van der Waals surface area (Å²) < 4.78 is 0. The summed E-state index contributed by atoms with van der Waals surface area (Å²) in [6, 6.07) is 29.7. The van der Waals surface area contributed by atoms with Gasteiger partial charge in [-0.1, -0.05) is 72.8 Å². The molecular formula is C38H38N8O2. The summed E-state index contributed by atoms with van der Waals surface area (Å²) in [4.78, 5) is 47.4. The summed E-state index contributed by atoms with van der Waals surface area (Å²) in [6.07, 6.45) is 3.47. The van der Waals surface area contributed by atoms with Crippen molar-refractivity contribution in [3.63, 3.8) is 0 Å². The molecule has 0 radical (unpaired) electrons. The highest BCUT2D eigenvalue weighted by molar-refractivity contribution is 5.88. The molecule has 2 aliphatic rings. The van der Waals surface area contributed by atoms with E-state index in [9.17, 15) is 9.59 Å². The zero-order chi connectivity index (χ0) is 32.8. The molecule has 6 aromatic rings. The number of hydrogen-bond donors (Lipinski definition) is 4. The maximum absolute atomic E-state index is 13.4. The molecule has 0 aliphatic carbocycles. The van der Waals surface area contributed by atoms with Gasteiger partial charge in [0.25, 0.3) is 0 Å². The van der Waals surface area contributed by atoms with Crippen molar-refractivity contribution in [2.45, 2.75) is 49.9 Å². The van der Waals surface area contributed by atoms with Gasteiger partial charge in [0.1, 0.15) is 23.7 Å². The number of nitrogens with one attached hydrogen (secondary N) is 2. The van der Waals surface area contributed by atoms with Gasteiger partial charge in [-0.05, 0) is 72.2 Å². The van der Waals surface area contributed by atoms with E-state index in [0.29, 0.717) is 13.1 Å². The molecule has 2 fully saturated rings. The molecule has 2 aromatic heterocycles. The van der Waals surface area contributed by atoms with Crippen LogP contribution in [0.15, 0.2) is 97.1 Å². The third kappa shape index (κ3) is 5.42. The van der Waals surface area contributed by atoms with E-state index < -0.39 is 12.1 Å². The van der Waals surface area contributed by atoms with Gasteiger partial charge < -0.3 is 31.2 Å². The first-order valence-corrected chi connectivity index (χ1v) is 16.7. The second kappa shape index (κ2) is 12.4. The average molecular weight is 639 g/mol. The maximum atomic E-state index is 13.4. The fourth-order valence-corrected chi connectivity index (χ4v) is 7.33. The number of rotatable bonds is 7. The molecule has 4 heterocycles. The van der Waals surface area contributed by atoms with Crippen LogP contribution in [0.1, 0.15) is 72.6 Å². The molecule has 48 heavy (non-hydrogen) atoms. The second-order valence-electron chi connectivity index (χ2n) is 12.9. The number of nitrogens with zero attached hydrogens (tertiary/aromatic N) is 4. The van der Waals surface area contributed by atoms with Gasteiger partial charge in [-0.2, -0.15) is 0 Å². The van der Waals surface area contributed by atoms with Crippen LogP contribution in [-0.4, -0.2) is 54.6 Å². The van der Waals surface area contributed by atoms with Crippen molar-refractivity contribution in [3.05, 3.63) is 120 Å². The van der Waals surface area contributed by atoms with Gasteiger partial charge in [-0.15, -0.1) is 0 Å². The Balaban J connectivity index is 1.02. The Morgan fingerprint density at radius 3 is 1.46 bits per heavy atom. The molecular weight excluding hydrogens is 600 g/mol. The first kappa shape index (κ1) is 30.0. The number of aromatic nitrogens is 4.